The Hall–Kier alpha value is -1.61. The smallest absolute Gasteiger partial charge is 0.148 e. The predicted molar refractivity (Wildman–Crippen MR) is 61.0 cm³/mol. The number of nitrogens with zero attached hydrogens (tertiary/aromatic N) is 2. The number of hydrogen-bond donors (Lipinski definition) is 1. The Balaban J connectivity index is 2.19. The van der Waals surface area contributed by atoms with Gasteiger partial charge in [0.05, 0.1) is 0 Å². The molecule has 82 valence electrons. The van der Waals surface area contributed by atoms with Crippen LogP contribution in [0.15, 0.2) is 36.7 Å². The van der Waals surface area contributed by atoms with E-state index < -0.39 is 5.60 Å². The summed E-state index contributed by atoms with van der Waals surface area (Å²) in [6, 6.07) is 8.06. The molecule has 1 aliphatic rings. The van der Waals surface area contributed by atoms with E-state index >= 15 is 0 Å². The second-order valence-corrected chi connectivity index (χ2v) is 4.38. The molecule has 1 aromatic carbocycles. The largest absolute Gasteiger partial charge is 0.377 e. The molecule has 3 nitrogen and oxygen atoms in total. The zero-order valence-corrected chi connectivity index (χ0v) is 9.22. The van der Waals surface area contributed by atoms with Gasteiger partial charge in [0.1, 0.15) is 11.4 Å². The summed E-state index contributed by atoms with van der Waals surface area (Å²) in [5.74, 6) is 0.734. The number of aryl methyl sites for hydroxylation is 2. The molecule has 0 saturated heterocycles. The SMILES string of the molecule is Cn1ccnc1C1(O)CCc2ccccc21. The van der Waals surface area contributed by atoms with E-state index in [0.29, 0.717) is 0 Å². The molecule has 1 atom stereocenters. The van der Waals surface area contributed by atoms with Gasteiger partial charge in [0.2, 0.25) is 0 Å². The Morgan fingerprint density at radius 3 is 2.94 bits per heavy atom. The van der Waals surface area contributed by atoms with E-state index in [9.17, 15) is 5.11 Å². The fourth-order valence-electron chi connectivity index (χ4n) is 2.59. The topological polar surface area (TPSA) is 38.0 Å². The first-order valence-electron chi connectivity index (χ1n) is 5.50. The zero-order valence-electron chi connectivity index (χ0n) is 9.22. The maximum Gasteiger partial charge on any atom is 0.148 e. The summed E-state index contributed by atoms with van der Waals surface area (Å²) in [6.07, 6.45) is 5.24. The summed E-state index contributed by atoms with van der Waals surface area (Å²) < 4.78 is 1.89. The summed E-state index contributed by atoms with van der Waals surface area (Å²) in [5, 5.41) is 10.8. The van der Waals surface area contributed by atoms with Gasteiger partial charge in [0, 0.05) is 19.4 Å². The number of aromatic nitrogens is 2. The van der Waals surface area contributed by atoms with Crippen LogP contribution in [0.3, 0.4) is 0 Å². The van der Waals surface area contributed by atoms with Gasteiger partial charge in [0.25, 0.3) is 0 Å². The third-order valence-corrected chi connectivity index (χ3v) is 3.41. The molecule has 1 aromatic heterocycles. The molecule has 0 fully saturated rings. The number of hydrogen-bond acceptors (Lipinski definition) is 2. The molecule has 0 spiro atoms. The summed E-state index contributed by atoms with van der Waals surface area (Å²) in [5.41, 5.74) is 1.33. The van der Waals surface area contributed by atoms with Crippen molar-refractivity contribution in [3.05, 3.63) is 53.6 Å². The van der Waals surface area contributed by atoms with Crippen LogP contribution in [0.5, 0.6) is 0 Å². The Morgan fingerprint density at radius 1 is 1.38 bits per heavy atom. The van der Waals surface area contributed by atoms with E-state index in [1.54, 1.807) is 6.20 Å². The van der Waals surface area contributed by atoms with Crippen LogP contribution >= 0.6 is 0 Å². The molecule has 3 rings (SSSR count). The minimum Gasteiger partial charge on any atom is -0.377 e. The third-order valence-electron chi connectivity index (χ3n) is 3.41. The highest BCUT2D eigenvalue weighted by atomic mass is 16.3. The molecule has 1 N–H and O–H groups in total. The van der Waals surface area contributed by atoms with Crippen molar-refractivity contribution in [3.8, 4) is 0 Å². The highest BCUT2D eigenvalue weighted by Crippen LogP contribution is 2.40. The number of imidazole rings is 1. The molecule has 0 radical (unpaired) electrons. The van der Waals surface area contributed by atoms with E-state index in [4.69, 9.17) is 0 Å². The molecule has 0 amide bonds. The van der Waals surface area contributed by atoms with Crippen molar-refractivity contribution in [1.29, 1.82) is 0 Å². The van der Waals surface area contributed by atoms with E-state index in [1.165, 1.54) is 5.56 Å². The van der Waals surface area contributed by atoms with E-state index in [2.05, 4.69) is 11.1 Å². The van der Waals surface area contributed by atoms with E-state index in [0.717, 1.165) is 24.2 Å². The van der Waals surface area contributed by atoms with Crippen molar-refractivity contribution in [3.63, 3.8) is 0 Å². The first-order chi connectivity index (χ1) is 7.72. The van der Waals surface area contributed by atoms with Gasteiger partial charge in [0.15, 0.2) is 0 Å². The van der Waals surface area contributed by atoms with Gasteiger partial charge in [-0.2, -0.15) is 0 Å². The summed E-state index contributed by atoms with van der Waals surface area (Å²) in [4.78, 5) is 4.28. The second kappa shape index (κ2) is 3.19. The third kappa shape index (κ3) is 1.15. The highest BCUT2D eigenvalue weighted by Gasteiger charge is 2.40. The lowest BCUT2D eigenvalue weighted by molar-refractivity contribution is 0.0704. The van der Waals surface area contributed by atoms with Gasteiger partial charge < -0.3 is 9.67 Å². The summed E-state index contributed by atoms with van der Waals surface area (Å²) >= 11 is 0. The van der Waals surface area contributed by atoms with Crippen LogP contribution < -0.4 is 0 Å². The Morgan fingerprint density at radius 2 is 2.19 bits per heavy atom. The van der Waals surface area contributed by atoms with Crippen molar-refractivity contribution < 1.29 is 5.11 Å². The molecule has 1 heterocycles. The number of aliphatic hydroxyl groups is 1. The van der Waals surface area contributed by atoms with E-state index in [1.807, 2.05) is 36.0 Å². The van der Waals surface area contributed by atoms with Crippen molar-refractivity contribution in [2.45, 2.75) is 18.4 Å². The van der Waals surface area contributed by atoms with Crippen LogP contribution in [-0.2, 0) is 19.1 Å². The molecule has 3 heteroatoms. The van der Waals surface area contributed by atoms with Crippen LogP contribution in [0.2, 0.25) is 0 Å². The second-order valence-electron chi connectivity index (χ2n) is 4.38. The molecule has 0 bridgehead atoms. The van der Waals surface area contributed by atoms with Gasteiger partial charge in [-0.05, 0) is 24.0 Å². The fraction of sp³-hybridized carbons (Fsp3) is 0.308. The van der Waals surface area contributed by atoms with Gasteiger partial charge in [-0.3, -0.25) is 0 Å². The Bertz CT molecular complexity index is 532. The number of benzene rings is 1. The highest BCUT2D eigenvalue weighted by molar-refractivity contribution is 5.41. The van der Waals surface area contributed by atoms with Gasteiger partial charge >= 0.3 is 0 Å². The van der Waals surface area contributed by atoms with Crippen LogP contribution in [0.1, 0.15) is 23.4 Å². The van der Waals surface area contributed by atoms with Crippen molar-refractivity contribution in [1.82, 2.24) is 9.55 Å². The van der Waals surface area contributed by atoms with E-state index in [-0.39, 0.29) is 0 Å². The molecule has 1 aliphatic carbocycles. The minimum absolute atomic E-state index is 0.719. The average molecular weight is 214 g/mol. The molecule has 0 saturated carbocycles. The minimum atomic E-state index is -0.908. The zero-order chi connectivity index (χ0) is 11.2. The lowest BCUT2D eigenvalue weighted by Gasteiger charge is -2.23. The molecule has 2 aromatic rings. The van der Waals surface area contributed by atoms with Crippen molar-refractivity contribution in [2.75, 3.05) is 0 Å². The van der Waals surface area contributed by atoms with Crippen LogP contribution in [0, 0.1) is 0 Å². The Labute approximate surface area is 94.4 Å². The number of fused-ring (bicyclic) bond motifs is 1. The van der Waals surface area contributed by atoms with Gasteiger partial charge in [-0.15, -0.1) is 0 Å². The molecular formula is C13H14N2O. The van der Waals surface area contributed by atoms with Gasteiger partial charge in [-0.1, -0.05) is 24.3 Å². The average Bonchev–Trinajstić information content (AvgIpc) is 2.86. The first kappa shape index (κ1) is 9.60. The standard InChI is InChI=1S/C13H14N2O/c1-15-9-8-14-12(15)13(16)7-6-10-4-2-3-5-11(10)13/h2-5,8-9,16H,6-7H2,1H3. The summed E-state index contributed by atoms with van der Waals surface area (Å²) in [7, 11) is 1.92. The van der Waals surface area contributed by atoms with Gasteiger partial charge in [-0.25, -0.2) is 4.98 Å². The Kier molecular flexibility index (Phi) is 1.91. The molecular weight excluding hydrogens is 200 g/mol. The van der Waals surface area contributed by atoms with Crippen molar-refractivity contribution >= 4 is 0 Å². The quantitative estimate of drug-likeness (QED) is 0.783. The molecule has 0 aliphatic heterocycles. The molecule has 1 unspecified atom stereocenters. The lowest BCUT2D eigenvalue weighted by Crippen LogP contribution is -2.27. The summed E-state index contributed by atoms with van der Waals surface area (Å²) in [6.45, 7) is 0. The maximum absolute atomic E-state index is 10.8. The lowest BCUT2D eigenvalue weighted by atomic mass is 9.95. The number of rotatable bonds is 1. The van der Waals surface area contributed by atoms with Crippen molar-refractivity contribution in [2.24, 2.45) is 7.05 Å². The van der Waals surface area contributed by atoms with Crippen LogP contribution in [-0.4, -0.2) is 14.7 Å². The van der Waals surface area contributed by atoms with Crippen LogP contribution in [0.25, 0.3) is 0 Å². The van der Waals surface area contributed by atoms with Crippen LogP contribution in [0.4, 0.5) is 0 Å². The monoisotopic (exact) mass is 214 g/mol. The maximum atomic E-state index is 10.8. The molecule has 16 heavy (non-hydrogen) atoms. The first-order valence-corrected chi connectivity index (χ1v) is 5.50. The predicted octanol–water partition coefficient (Wildman–Crippen LogP) is 1.60. The fourth-order valence-corrected chi connectivity index (χ4v) is 2.59. The normalized spacial score (nSPS) is 23.4.